The smallest absolute Gasteiger partial charge is 0.160 e. The summed E-state index contributed by atoms with van der Waals surface area (Å²) in [4.78, 5) is 44.2. The lowest BCUT2D eigenvalue weighted by Gasteiger charge is -2.11. The number of rotatable bonds is 20. The van der Waals surface area contributed by atoms with E-state index in [1.165, 1.54) is 27.8 Å². The standard InChI is InChI=1S/C55H37N5.C55H41N5/c1-4-12-38(13-5-1)40-23-27-45(28-24-40)51-37-50(44-16-8-3-9-17-44)59-55(60-51)46-29-25-42(26-30-46)41-19-21-43(22-20-41)47-31-33-57-52(34-47)54-36-48(39-14-6-2-7-15-39)35-53(58-54)49-18-10-11-32-56-49;56-55(60-50(45-17-8-3-9-18-45)35-24-39-22-25-42(26-23-39)40-13-4-1-5-14-40)47-33-29-44(30-34-47)43-27-31-46(32-28-43)49-20-12-21-52(58-49)54-38-48(41-15-6-2-7-16-41)37-53(59-54)51-19-10-11-36-57-51/h1-37H;1-23,25-38H,24H2,(H2,56,60)/b;50-35-. The van der Waals surface area contributed by atoms with Crippen molar-refractivity contribution in [2.24, 2.45) is 10.7 Å². The van der Waals surface area contributed by atoms with Crippen LogP contribution in [0.2, 0.25) is 0 Å². The minimum atomic E-state index is 0.466. The van der Waals surface area contributed by atoms with E-state index >= 15 is 0 Å². The highest BCUT2D eigenvalue weighted by atomic mass is 14.9. The van der Waals surface area contributed by atoms with Crippen molar-refractivity contribution in [2.45, 2.75) is 6.42 Å². The lowest BCUT2D eigenvalue weighted by molar-refractivity contribution is 1.18. The highest BCUT2D eigenvalue weighted by Gasteiger charge is 2.18. The van der Waals surface area contributed by atoms with Crippen LogP contribution in [0.5, 0.6) is 0 Å². The summed E-state index contributed by atoms with van der Waals surface area (Å²) < 4.78 is 0. The highest BCUT2D eigenvalue weighted by molar-refractivity contribution is 6.01. The molecule has 0 saturated carbocycles. The maximum atomic E-state index is 6.68. The van der Waals surface area contributed by atoms with Crippen LogP contribution in [0.4, 0.5) is 0 Å². The number of nitrogens with zero attached hydrogens (tertiary/aromatic N) is 9. The van der Waals surface area contributed by atoms with Gasteiger partial charge in [-0.25, -0.2) is 29.9 Å². The lowest BCUT2D eigenvalue weighted by Crippen LogP contribution is -2.13. The molecule has 19 aromatic rings. The number of nitrogens with two attached hydrogens (primary N) is 1. The van der Waals surface area contributed by atoms with Gasteiger partial charge in [0.25, 0.3) is 0 Å². The summed E-state index contributed by atoms with van der Waals surface area (Å²) in [6.45, 7) is 0. The van der Waals surface area contributed by atoms with Crippen molar-refractivity contribution in [3.63, 3.8) is 0 Å². The summed E-state index contributed by atoms with van der Waals surface area (Å²) in [5.41, 5.74) is 39.4. The Morgan fingerprint density at radius 3 is 0.983 bits per heavy atom. The second-order valence-corrected chi connectivity index (χ2v) is 29.1. The molecule has 0 aliphatic carbocycles. The molecule has 0 bridgehead atoms. The molecular weight excluding hydrogens is 1460 g/mol. The summed E-state index contributed by atoms with van der Waals surface area (Å²) in [6, 6.07) is 146. The summed E-state index contributed by atoms with van der Waals surface area (Å²) >= 11 is 0. The second kappa shape index (κ2) is 35.7. The van der Waals surface area contributed by atoms with E-state index in [0.29, 0.717) is 11.7 Å². The van der Waals surface area contributed by atoms with Crippen LogP contribution >= 0.6 is 0 Å². The zero-order valence-corrected chi connectivity index (χ0v) is 65.5. The zero-order chi connectivity index (χ0) is 80.6. The molecule has 0 spiro atoms. The fraction of sp³-hybridized carbons (Fsp3) is 0.00909. The van der Waals surface area contributed by atoms with E-state index in [2.05, 4.69) is 295 Å². The minimum absolute atomic E-state index is 0.466. The number of benzene rings is 12. The predicted octanol–water partition coefficient (Wildman–Crippen LogP) is 26.5. The van der Waals surface area contributed by atoms with Crippen LogP contribution in [-0.4, -0.2) is 45.7 Å². The zero-order valence-electron chi connectivity index (χ0n) is 65.5. The van der Waals surface area contributed by atoms with Crippen molar-refractivity contribution < 1.29 is 0 Å². The molecule has 0 saturated heterocycles. The molecule has 10 nitrogen and oxygen atoms in total. The van der Waals surface area contributed by atoms with Gasteiger partial charge in [0.2, 0.25) is 0 Å². The van der Waals surface area contributed by atoms with Gasteiger partial charge in [-0.3, -0.25) is 15.0 Å². The molecule has 12 aromatic carbocycles. The third kappa shape index (κ3) is 17.8. The number of allylic oxidation sites excluding steroid dienone is 1. The Hall–Kier alpha value is -16.2. The largest absolute Gasteiger partial charge is 0.383 e. The molecule has 10 heteroatoms. The molecule has 0 unspecified atom stereocenters. The van der Waals surface area contributed by atoms with Crippen LogP contribution in [0.1, 0.15) is 16.7 Å². The van der Waals surface area contributed by atoms with Gasteiger partial charge < -0.3 is 5.73 Å². The normalized spacial score (nSPS) is 11.3. The molecular formula is C110H78N10. The molecule has 7 aromatic heterocycles. The number of hydrogen-bond acceptors (Lipinski definition) is 9. The van der Waals surface area contributed by atoms with E-state index in [1.807, 2.05) is 152 Å². The predicted molar refractivity (Wildman–Crippen MR) is 492 cm³/mol. The van der Waals surface area contributed by atoms with Crippen LogP contribution in [0.25, 0.3) is 174 Å². The highest BCUT2D eigenvalue weighted by Crippen LogP contribution is 2.37. The van der Waals surface area contributed by atoms with Crippen LogP contribution in [0.15, 0.2) is 454 Å². The van der Waals surface area contributed by atoms with Crippen molar-refractivity contribution in [3.8, 4) is 169 Å². The third-order valence-corrected chi connectivity index (χ3v) is 21.1. The van der Waals surface area contributed by atoms with E-state index in [4.69, 9.17) is 40.6 Å². The number of aromatic nitrogens is 8. The Morgan fingerprint density at radius 2 is 0.525 bits per heavy atom. The Balaban J connectivity index is 0.000000165. The van der Waals surface area contributed by atoms with Gasteiger partial charge in [0, 0.05) is 46.4 Å². The van der Waals surface area contributed by atoms with Crippen molar-refractivity contribution in [2.75, 3.05) is 0 Å². The maximum Gasteiger partial charge on any atom is 0.160 e. The molecule has 0 aliphatic rings. The van der Waals surface area contributed by atoms with Crippen molar-refractivity contribution in [3.05, 3.63) is 466 Å². The van der Waals surface area contributed by atoms with Crippen LogP contribution < -0.4 is 5.73 Å². The van der Waals surface area contributed by atoms with Gasteiger partial charge in [-0.1, -0.05) is 352 Å². The number of hydrogen-bond donors (Lipinski definition) is 1. The maximum absolute atomic E-state index is 6.68. The van der Waals surface area contributed by atoms with Gasteiger partial charge in [0.05, 0.1) is 68.3 Å². The van der Waals surface area contributed by atoms with E-state index in [0.717, 1.165) is 164 Å². The first-order valence-corrected chi connectivity index (χ1v) is 40.0. The van der Waals surface area contributed by atoms with Gasteiger partial charge in [-0.15, -0.1) is 0 Å². The van der Waals surface area contributed by atoms with E-state index in [-0.39, 0.29) is 0 Å². The fourth-order valence-electron chi connectivity index (χ4n) is 14.7. The SMILES string of the molecule is NC(=N/C(=C\Cc1ccc(-c2ccccc2)cc1)c1ccccc1)c1ccc(-c2ccc(-c3cccc(-c4cc(-c5ccccc5)cc(-c5ccccn5)n4)n3)cc2)cc1.c1ccc(-c2ccc(-c3cc(-c4ccccc4)nc(-c4ccc(-c5ccc(-c6ccnc(-c7cc(-c8ccccc8)cc(-c8ccccn8)n7)c6)cc5)cc4)n3)cc2)cc1. The molecule has 0 radical (unpaired) electrons. The average Bonchev–Trinajstić information content (AvgIpc) is 0.803. The Bertz CT molecular complexity index is 6630. The van der Waals surface area contributed by atoms with E-state index in [1.54, 1.807) is 12.4 Å². The van der Waals surface area contributed by atoms with Crippen LogP contribution in [-0.2, 0) is 6.42 Å². The molecule has 0 aliphatic heterocycles. The fourth-order valence-corrected chi connectivity index (χ4v) is 14.7. The van der Waals surface area contributed by atoms with Gasteiger partial charge in [-0.05, 0) is 174 Å². The Kier molecular flexibility index (Phi) is 22.4. The third-order valence-electron chi connectivity index (χ3n) is 21.1. The van der Waals surface area contributed by atoms with Crippen molar-refractivity contribution in [1.82, 2.24) is 39.9 Å². The molecule has 0 fully saturated rings. The topological polar surface area (TPSA) is 142 Å². The summed E-state index contributed by atoms with van der Waals surface area (Å²) in [5.74, 6) is 1.15. The van der Waals surface area contributed by atoms with Gasteiger partial charge >= 0.3 is 0 Å². The van der Waals surface area contributed by atoms with Crippen LogP contribution in [0.3, 0.4) is 0 Å². The Labute approximate surface area is 698 Å². The van der Waals surface area contributed by atoms with Crippen molar-refractivity contribution in [1.29, 1.82) is 0 Å². The van der Waals surface area contributed by atoms with Gasteiger partial charge in [-0.2, -0.15) is 0 Å². The van der Waals surface area contributed by atoms with Gasteiger partial charge in [0.15, 0.2) is 5.82 Å². The molecule has 19 rings (SSSR count). The molecule has 0 atom stereocenters. The molecule has 568 valence electrons. The number of aliphatic imine (C=N–C) groups is 1. The minimum Gasteiger partial charge on any atom is -0.383 e. The molecule has 0 amide bonds. The number of amidine groups is 1. The lowest BCUT2D eigenvalue weighted by atomic mass is 9.98. The quantitative estimate of drug-likeness (QED) is 0.0583. The second-order valence-electron chi connectivity index (χ2n) is 29.1. The first-order valence-electron chi connectivity index (χ1n) is 40.0. The number of pyridine rings is 6. The van der Waals surface area contributed by atoms with E-state index in [9.17, 15) is 0 Å². The van der Waals surface area contributed by atoms with Crippen molar-refractivity contribution >= 4 is 11.5 Å². The molecule has 7 heterocycles. The summed E-state index contributed by atoms with van der Waals surface area (Å²) in [5, 5.41) is 0. The van der Waals surface area contributed by atoms with Crippen LogP contribution in [0, 0.1) is 0 Å². The monoisotopic (exact) mass is 1540 g/mol. The molecule has 120 heavy (non-hydrogen) atoms. The average molecular weight is 1540 g/mol. The molecule has 2 N–H and O–H groups in total. The first kappa shape index (κ1) is 75.2. The first-order chi connectivity index (χ1) is 59.3. The Morgan fingerprint density at radius 1 is 0.208 bits per heavy atom. The van der Waals surface area contributed by atoms with E-state index < -0.39 is 0 Å². The summed E-state index contributed by atoms with van der Waals surface area (Å²) in [7, 11) is 0. The van der Waals surface area contributed by atoms with Gasteiger partial charge in [0.1, 0.15) is 5.84 Å². The summed E-state index contributed by atoms with van der Waals surface area (Å²) in [6.07, 6.45) is 8.33.